The van der Waals surface area contributed by atoms with Gasteiger partial charge in [-0.3, -0.25) is 9.59 Å². The van der Waals surface area contributed by atoms with Gasteiger partial charge in [0.2, 0.25) is 0 Å². The molecule has 0 saturated carbocycles. The van der Waals surface area contributed by atoms with E-state index in [0.29, 0.717) is 28.6 Å². The number of imide groups is 1. The van der Waals surface area contributed by atoms with E-state index in [1.165, 1.54) is 13.2 Å². The molecule has 4 rings (SSSR count). The maximum absolute atomic E-state index is 12.4. The lowest BCUT2D eigenvalue weighted by Crippen LogP contribution is -2.35. The van der Waals surface area contributed by atoms with Crippen LogP contribution in [0.2, 0.25) is 0 Å². The van der Waals surface area contributed by atoms with Crippen molar-refractivity contribution in [3.05, 3.63) is 75.0 Å². The first-order valence-corrected chi connectivity index (χ1v) is 11.0. The molecule has 0 aromatic heterocycles. The molecule has 3 amide bonds. The average Bonchev–Trinajstić information content (AvgIpc) is 3.04. The summed E-state index contributed by atoms with van der Waals surface area (Å²) < 4.78 is 12.3. The maximum Gasteiger partial charge on any atom is 0.329 e. The van der Waals surface area contributed by atoms with Crippen LogP contribution in [0.25, 0.3) is 16.8 Å². The van der Waals surface area contributed by atoms with Gasteiger partial charge in [-0.25, -0.2) is 9.69 Å². The van der Waals surface area contributed by atoms with Gasteiger partial charge in [-0.1, -0.05) is 36.4 Å². The van der Waals surface area contributed by atoms with Gasteiger partial charge in [0.15, 0.2) is 11.5 Å². The van der Waals surface area contributed by atoms with Gasteiger partial charge < -0.3 is 19.9 Å². The van der Waals surface area contributed by atoms with Crippen molar-refractivity contribution in [1.29, 1.82) is 0 Å². The van der Waals surface area contributed by atoms with E-state index in [9.17, 15) is 14.4 Å². The minimum atomic E-state index is -1.27. The number of halogens is 1. The van der Waals surface area contributed by atoms with E-state index in [0.717, 1.165) is 19.9 Å². The van der Waals surface area contributed by atoms with Crippen molar-refractivity contribution in [1.82, 2.24) is 10.2 Å². The van der Waals surface area contributed by atoms with E-state index in [2.05, 4.69) is 40.0 Å². The Hall–Kier alpha value is -3.60. The van der Waals surface area contributed by atoms with Crippen molar-refractivity contribution in [2.75, 3.05) is 13.7 Å². The summed E-state index contributed by atoms with van der Waals surface area (Å²) in [4.78, 5) is 35.8. The van der Waals surface area contributed by atoms with Crippen LogP contribution in [-0.2, 0) is 16.2 Å². The van der Waals surface area contributed by atoms with Crippen LogP contribution < -0.4 is 14.8 Å². The molecule has 0 aliphatic carbocycles. The van der Waals surface area contributed by atoms with Crippen LogP contribution >= 0.6 is 22.6 Å². The molecule has 8 nitrogen and oxygen atoms in total. The monoisotopic (exact) mass is 558 g/mol. The highest BCUT2D eigenvalue weighted by molar-refractivity contribution is 14.1. The Balaban J connectivity index is 1.55. The average molecular weight is 558 g/mol. The maximum atomic E-state index is 12.4. The van der Waals surface area contributed by atoms with Crippen molar-refractivity contribution in [2.45, 2.75) is 6.61 Å². The molecule has 2 N–H and O–H groups in total. The molecule has 9 heteroatoms. The first-order chi connectivity index (χ1) is 15.9. The number of benzene rings is 3. The smallest absolute Gasteiger partial charge is 0.329 e. The van der Waals surface area contributed by atoms with E-state index < -0.39 is 24.5 Å². The number of nitrogens with zero attached hydrogens (tertiary/aromatic N) is 1. The van der Waals surface area contributed by atoms with E-state index in [-0.39, 0.29) is 5.70 Å². The standard InChI is InChI=1S/C24H19IN2O6/c1-32-20-11-15(10-19-23(30)27(12-21(28)29)24(31)26-19)9-18(25)22(20)33-13-14-6-7-16-4-2-3-5-17(16)8-14/h2-11H,12-13H2,1H3,(H,26,31)(H,28,29)/b19-10+. The third kappa shape index (κ3) is 4.92. The Morgan fingerprint density at radius 3 is 2.61 bits per heavy atom. The molecule has 3 aromatic rings. The fourth-order valence-corrected chi connectivity index (χ4v) is 4.25. The summed E-state index contributed by atoms with van der Waals surface area (Å²) >= 11 is 2.11. The third-order valence-electron chi connectivity index (χ3n) is 5.02. The first kappa shape index (κ1) is 22.6. The zero-order valence-electron chi connectivity index (χ0n) is 17.5. The SMILES string of the molecule is COc1cc(/C=C2/NC(=O)N(CC(=O)O)C2=O)cc(I)c1OCc1ccc2ccccc2c1. The van der Waals surface area contributed by atoms with Crippen LogP contribution in [0.1, 0.15) is 11.1 Å². The fraction of sp³-hybridized carbons (Fsp3) is 0.125. The number of aliphatic carboxylic acids is 1. The van der Waals surface area contributed by atoms with Crippen molar-refractivity contribution in [2.24, 2.45) is 0 Å². The van der Waals surface area contributed by atoms with Crippen molar-refractivity contribution >= 4 is 57.3 Å². The molecular weight excluding hydrogens is 539 g/mol. The Bertz CT molecular complexity index is 1300. The number of carboxylic acid groups (broad SMARTS) is 1. The van der Waals surface area contributed by atoms with Crippen LogP contribution in [0.5, 0.6) is 11.5 Å². The molecule has 0 spiro atoms. The molecule has 0 atom stereocenters. The summed E-state index contributed by atoms with van der Waals surface area (Å²) in [5, 5.41) is 13.6. The van der Waals surface area contributed by atoms with E-state index in [1.54, 1.807) is 12.1 Å². The molecule has 1 saturated heterocycles. The lowest BCUT2D eigenvalue weighted by atomic mass is 10.1. The Morgan fingerprint density at radius 1 is 1.12 bits per heavy atom. The van der Waals surface area contributed by atoms with Gasteiger partial charge in [0, 0.05) is 0 Å². The van der Waals surface area contributed by atoms with Crippen molar-refractivity contribution < 1.29 is 29.0 Å². The highest BCUT2D eigenvalue weighted by atomic mass is 127. The lowest BCUT2D eigenvalue weighted by molar-refractivity contribution is -0.140. The number of hydrogen-bond acceptors (Lipinski definition) is 5. The summed E-state index contributed by atoms with van der Waals surface area (Å²) in [5.74, 6) is -0.951. The summed E-state index contributed by atoms with van der Waals surface area (Å²) in [6.45, 7) is -0.360. The third-order valence-corrected chi connectivity index (χ3v) is 5.82. The second-order valence-corrected chi connectivity index (χ2v) is 8.44. The summed E-state index contributed by atoms with van der Waals surface area (Å²) in [7, 11) is 1.52. The van der Waals surface area contributed by atoms with E-state index >= 15 is 0 Å². The van der Waals surface area contributed by atoms with Gasteiger partial charge >= 0.3 is 12.0 Å². The van der Waals surface area contributed by atoms with Crippen LogP contribution in [0, 0.1) is 3.57 Å². The summed E-state index contributed by atoms with van der Waals surface area (Å²) in [6.07, 6.45) is 1.47. The number of amides is 3. The molecule has 1 fully saturated rings. The zero-order valence-corrected chi connectivity index (χ0v) is 19.7. The van der Waals surface area contributed by atoms with Gasteiger partial charge in [0.1, 0.15) is 18.8 Å². The summed E-state index contributed by atoms with van der Waals surface area (Å²) in [5.41, 5.74) is 1.59. The summed E-state index contributed by atoms with van der Waals surface area (Å²) in [6, 6.07) is 16.9. The minimum absolute atomic E-state index is 0.0102. The lowest BCUT2D eigenvalue weighted by Gasteiger charge is -2.14. The Kier molecular flexibility index (Phi) is 6.50. The highest BCUT2D eigenvalue weighted by Crippen LogP contribution is 2.35. The molecule has 1 aliphatic heterocycles. The molecule has 0 bridgehead atoms. The van der Waals surface area contributed by atoms with Gasteiger partial charge in [-0.15, -0.1) is 0 Å². The van der Waals surface area contributed by atoms with Crippen molar-refractivity contribution in [3.8, 4) is 11.5 Å². The van der Waals surface area contributed by atoms with E-state index in [1.807, 2.05) is 30.3 Å². The van der Waals surface area contributed by atoms with Crippen LogP contribution in [0.3, 0.4) is 0 Å². The Morgan fingerprint density at radius 2 is 1.88 bits per heavy atom. The number of nitrogens with one attached hydrogen (secondary N) is 1. The predicted octanol–water partition coefficient (Wildman–Crippen LogP) is 4.01. The number of carbonyl (C=O) groups is 3. The number of carbonyl (C=O) groups excluding carboxylic acids is 2. The fourth-order valence-electron chi connectivity index (χ4n) is 3.46. The van der Waals surface area contributed by atoms with Crippen LogP contribution in [0.4, 0.5) is 4.79 Å². The second-order valence-electron chi connectivity index (χ2n) is 7.28. The highest BCUT2D eigenvalue weighted by Gasteiger charge is 2.34. The molecule has 1 aliphatic rings. The predicted molar refractivity (Wildman–Crippen MR) is 130 cm³/mol. The van der Waals surface area contributed by atoms with Crippen LogP contribution in [0.15, 0.2) is 60.3 Å². The van der Waals surface area contributed by atoms with Gasteiger partial charge in [0.05, 0.1) is 10.7 Å². The quantitative estimate of drug-likeness (QED) is 0.258. The first-order valence-electron chi connectivity index (χ1n) is 9.90. The number of fused-ring (bicyclic) bond motifs is 1. The number of methoxy groups -OCH3 is 1. The Labute approximate surface area is 202 Å². The van der Waals surface area contributed by atoms with Gasteiger partial charge in [0.25, 0.3) is 5.91 Å². The molecule has 33 heavy (non-hydrogen) atoms. The van der Waals surface area contributed by atoms with Crippen molar-refractivity contribution in [3.63, 3.8) is 0 Å². The molecule has 0 radical (unpaired) electrons. The number of ether oxygens (including phenoxy) is 2. The number of rotatable bonds is 7. The minimum Gasteiger partial charge on any atom is -0.493 e. The van der Waals surface area contributed by atoms with E-state index in [4.69, 9.17) is 14.6 Å². The molecule has 3 aromatic carbocycles. The number of hydrogen-bond donors (Lipinski definition) is 2. The molecular formula is C24H19IN2O6. The van der Waals surface area contributed by atoms with Gasteiger partial charge in [-0.05, 0) is 68.8 Å². The number of carboxylic acids is 1. The second kappa shape index (κ2) is 9.49. The van der Waals surface area contributed by atoms with Gasteiger partial charge in [-0.2, -0.15) is 0 Å². The molecule has 168 valence electrons. The normalized spacial score (nSPS) is 14.6. The molecule has 0 unspecified atom stereocenters. The zero-order chi connectivity index (χ0) is 23.5. The molecule has 1 heterocycles. The topological polar surface area (TPSA) is 105 Å². The van der Waals surface area contributed by atoms with Crippen LogP contribution in [-0.4, -0.2) is 41.6 Å². The number of urea groups is 1. The largest absolute Gasteiger partial charge is 0.493 e.